The van der Waals surface area contributed by atoms with E-state index in [1.165, 1.54) is 25.1 Å². The van der Waals surface area contributed by atoms with E-state index in [1.54, 1.807) is 0 Å². The van der Waals surface area contributed by atoms with Crippen LogP contribution in [0.3, 0.4) is 0 Å². The fourth-order valence-corrected chi connectivity index (χ4v) is 3.33. The summed E-state index contributed by atoms with van der Waals surface area (Å²) in [7, 11) is 0. The molecule has 0 radical (unpaired) electrons. The molecule has 2 aromatic heterocycles. The molecule has 1 fully saturated rings. The molecule has 0 saturated carbocycles. The Morgan fingerprint density at radius 2 is 2.22 bits per heavy atom. The molecule has 0 aromatic carbocycles. The molecular formula is C17H26N6. The zero-order chi connectivity index (χ0) is 16.2. The average Bonchev–Trinajstić information content (AvgIpc) is 3.00. The SMILES string of the molecule is CCCCn1ccnc1[C@@H]1CCCN(c2cc(C)nc(N)n2)C1. The van der Waals surface area contributed by atoms with E-state index >= 15 is 0 Å². The molecule has 2 N–H and O–H groups in total. The summed E-state index contributed by atoms with van der Waals surface area (Å²) in [6.07, 6.45) is 8.76. The van der Waals surface area contributed by atoms with Gasteiger partial charge in [0.25, 0.3) is 0 Å². The van der Waals surface area contributed by atoms with Crippen molar-refractivity contribution in [3.63, 3.8) is 0 Å². The van der Waals surface area contributed by atoms with E-state index in [4.69, 9.17) is 5.73 Å². The van der Waals surface area contributed by atoms with Crippen molar-refractivity contribution >= 4 is 11.8 Å². The van der Waals surface area contributed by atoms with Crippen molar-refractivity contribution < 1.29 is 0 Å². The maximum Gasteiger partial charge on any atom is 0.222 e. The van der Waals surface area contributed by atoms with Gasteiger partial charge in [0, 0.05) is 49.7 Å². The number of aromatic nitrogens is 4. The van der Waals surface area contributed by atoms with Crippen molar-refractivity contribution in [1.82, 2.24) is 19.5 Å². The van der Waals surface area contributed by atoms with Crippen molar-refractivity contribution in [1.29, 1.82) is 0 Å². The smallest absolute Gasteiger partial charge is 0.222 e. The van der Waals surface area contributed by atoms with Gasteiger partial charge in [0.15, 0.2) is 0 Å². The molecule has 124 valence electrons. The third-order valence-corrected chi connectivity index (χ3v) is 4.47. The molecule has 6 nitrogen and oxygen atoms in total. The number of unbranched alkanes of at least 4 members (excludes halogenated alkanes) is 1. The quantitative estimate of drug-likeness (QED) is 0.918. The fourth-order valence-electron chi connectivity index (χ4n) is 3.33. The second kappa shape index (κ2) is 6.98. The molecule has 1 atom stereocenters. The fraction of sp³-hybridized carbons (Fsp3) is 0.588. The average molecular weight is 314 g/mol. The van der Waals surface area contributed by atoms with Crippen LogP contribution in [0.15, 0.2) is 18.5 Å². The third kappa shape index (κ3) is 3.63. The van der Waals surface area contributed by atoms with Crippen molar-refractivity contribution in [3.05, 3.63) is 30.0 Å². The molecule has 1 saturated heterocycles. The number of nitrogen functional groups attached to an aromatic ring is 1. The van der Waals surface area contributed by atoms with Crippen LogP contribution >= 0.6 is 0 Å². The maximum atomic E-state index is 5.81. The maximum absolute atomic E-state index is 5.81. The molecule has 0 bridgehead atoms. The highest BCUT2D eigenvalue weighted by molar-refractivity contribution is 5.44. The largest absolute Gasteiger partial charge is 0.368 e. The van der Waals surface area contributed by atoms with Crippen molar-refractivity contribution in [3.8, 4) is 0 Å². The molecule has 2 aromatic rings. The summed E-state index contributed by atoms with van der Waals surface area (Å²) >= 11 is 0. The Bertz CT molecular complexity index is 630. The minimum Gasteiger partial charge on any atom is -0.368 e. The van der Waals surface area contributed by atoms with Gasteiger partial charge < -0.3 is 15.2 Å². The number of anilines is 2. The molecule has 23 heavy (non-hydrogen) atoms. The minimum absolute atomic E-state index is 0.353. The summed E-state index contributed by atoms with van der Waals surface area (Å²) in [5.41, 5.74) is 6.72. The molecule has 3 heterocycles. The van der Waals surface area contributed by atoms with Crippen LogP contribution < -0.4 is 10.6 Å². The van der Waals surface area contributed by atoms with Gasteiger partial charge in [0.1, 0.15) is 11.6 Å². The van der Waals surface area contributed by atoms with Crippen LogP contribution in [0.4, 0.5) is 11.8 Å². The lowest BCUT2D eigenvalue weighted by molar-refractivity contribution is 0.464. The Labute approximate surface area is 137 Å². The molecule has 6 heteroatoms. The first kappa shape index (κ1) is 15.8. The van der Waals surface area contributed by atoms with Crippen molar-refractivity contribution in [2.24, 2.45) is 0 Å². The molecule has 0 spiro atoms. The lowest BCUT2D eigenvalue weighted by Crippen LogP contribution is -2.36. The number of aryl methyl sites for hydroxylation is 2. The molecule has 0 unspecified atom stereocenters. The Balaban J connectivity index is 1.77. The minimum atomic E-state index is 0.353. The highest BCUT2D eigenvalue weighted by Gasteiger charge is 2.25. The first-order chi connectivity index (χ1) is 11.2. The summed E-state index contributed by atoms with van der Waals surface area (Å²) in [5, 5.41) is 0. The molecule has 0 amide bonds. The molecule has 0 aliphatic carbocycles. The number of imidazole rings is 1. The molecule has 1 aliphatic heterocycles. The highest BCUT2D eigenvalue weighted by atomic mass is 15.2. The van der Waals surface area contributed by atoms with Crippen LogP contribution in [0.2, 0.25) is 0 Å². The second-order valence-corrected chi connectivity index (χ2v) is 6.34. The zero-order valence-electron chi connectivity index (χ0n) is 14.1. The van der Waals surface area contributed by atoms with Gasteiger partial charge in [-0.2, -0.15) is 4.98 Å². The van der Waals surface area contributed by atoms with E-state index in [-0.39, 0.29) is 0 Å². The number of hydrogen-bond acceptors (Lipinski definition) is 5. The van der Waals surface area contributed by atoms with Gasteiger partial charge in [-0.15, -0.1) is 0 Å². The number of rotatable bonds is 5. The first-order valence-corrected chi connectivity index (χ1v) is 8.54. The molecular weight excluding hydrogens is 288 g/mol. The van der Waals surface area contributed by atoms with Crippen LogP contribution in [-0.4, -0.2) is 32.6 Å². The van der Waals surface area contributed by atoms with Crippen LogP contribution in [0.5, 0.6) is 0 Å². The Hall–Kier alpha value is -2.11. The summed E-state index contributed by atoms with van der Waals surface area (Å²) in [6.45, 7) is 7.20. The third-order valence-electron chi connectivity index (χ3n) is 4.47. The van der Waals surface area contributed by atoms with E-state index in [0.717, 1.165) is 37.6 Å². The predicted molar refractivity (Wildman–Crippen MR) is 92.5 cm³/mol. The lowest BCUT2D eigenvalue weighted by Gasteiger charge is -2.33. The van der Waals surface area contributed by atoms with Gasteiger partial charge >= 0.3 is 0 Å². The molecule has 3 rings (SSSR count). The summed E-state index contributed by atoms with van der Waals surface area (Å²) < 4.78 is 2.32. The lowest BCUT2D eigenvalue weighted by atomic mass is 9.97. The summed E-state index contributed by atoms with van der Waals surface area (Å²) in [4.78, 5) is 15.5. The van der Waals surface area contributed by atoms with E-state index < -0.39 is 0 Å². The van der Waals surface area contributed by atoms with Gasteiger partial charge in [-0.25, -0.2) is 9.97 Å². The normalized spacial score (nSPS) is 18.3. The van der Waals surface area contributed by atoms with E-state index in [2.05, 4.69) is 37.5 Å². The second-order valence-electron chi connectivity index (χ2n) is 6.34. The van der Waals surface area contributed by atoms with Gasteiger partial charge in [-0.1, -0.05) is 13.3 Å². The van der Waals surface area contributed by atoms with Crippen molar-refractivity contribution in [2.75, 3.05) is 23.7 Å². The van der Waals surface area contributed by atoms with E-state index in [1.807, 2.05) is 19.2 Å². The summed E-state index contributed by atoms with van der Waals surface area (Å²) in [5.74, 6) is 2.95. The first-order valence-electron chi connectivity index (χ1n) is 8.54. The number of piperidine rings is 1. The standard InChI is InChI=1S/C17H26N6/c1-3-4-8-22-10-7-19-16(22)14-6-5-9-23(12-14)15-11-13(2)20-17(18)21-15/h7,10-11,14H,3-6,8-9,12H2,1-2H3,(H2,18,20,21)/t14-/m1/s1. The van der Waals surface area contributed by atoms with Gasteiger partial charge in [-0.3, -0.25) is 0 Å². The molecule has 1 aliphatic rings. The summed E-state index contributed by atoms with van der Waals surface area (Å²) in [6, 6.07) is 2.02. The Morgan fingerprint density at radius 3 is 3.00 bits per heavy atom. The van der Waals surface area contributed by atoms with Gasteiger partial charge in [0.2, 0.25) is 5.95 Å². The monoisotopic (exact) mass is 314 g/mol. The van der Waals surface area contributed by atoms with Crippen LogP contribution in [0.1, 0.15) is 50.0 Å². The number of hydrogen-bond donors (Lipinski definition) is 1. The topological polar surface area (TPSA) is 72.9 Å². The highest BCUT2D eigenvalue weighted by Crippen LogP contribution is 2.29. The Kier molecular flexibility index (Phi) is 4.79. The van der Waals surface area contributed by atoms with Crippen molar-refractivity contribution in [2.45, 2.75) is 52.0 Å². The van der Waals surface area contributed by atoms with E-state index in [9.17, 15) is 0 Å². The predicted octanol–water partition coefficient (Wildman–Crippen LogP) is 2.75. The van der Waals surface area contributed by atoms with Gasteiger partial charge in [0.05, 0.1) is 0 Å². The zero-order valence-corrected chi connectivity index (χ0v) is 14.1. The Morgan fingerprint density at radius 1 is 1.35 bits per heavy atom. The van der Waals surface area contributed by atoms with Gasteiger partial charge in [-0.05, 0) is 26.2 Å². The van der Waals surface area contributed by atoms with Crippen LogP contribution in [0.25, 0.3) is 0 Å². The number of nitrogens with zero attached hydrogens (tertiary/aromatic N) is 5. The van der Waals surface area contributed by atoms with E-state index in [0.29, 0.717) is 11.9 Å². The van der Waals surface area contributed by atoms with Crippen LogP contribution in [-0.2, 0) is 6.54 Å². The number of nitrogens with two attached hydrogens (primary N) is 1. The van der Waals surface area contributed by atoms with Crippen LogP contribution in [0, 0.1) is 6.92 Å².